The van der Waals surface area contributed by atoms with E-state index in [0.29, 0.717) is 17.1 Å². The molecule has 1 aromatic rings. The van der Waals surface area contributed by atoms with Crippen molar-refractivity contribution in [2.45, 2.75) is 51.7 Å². The van der Waals surface area contributed by atoms with E-state index >= 15 is 0 Å². The Bertz CT molecular complexity index is 665. The number of rotatable bonds is 5. The van der Waals surface area contributed by atoms with Gasteiger partial charge >= 0.3 is 6.09 Å². The molecule has 9 heteroatoms. The third-order valence-electron chi connectivity index (χ3n) is 5.51. The fraction of sp³-hybridized carbons (Fsp3) is 0.737. The van der Waals surface area contributed by atoms with Crippen LogP contribution in [-0.2, 0) is 4.79 Å². The molecule has 1 aliphatic heterocycles. The number of nitrogens with zero attached hydrogens (tertiary/aromatic N) is 3. The molecule has 1 N–H and O–H groups in total. The molecule has 8 nitrogen and oxygen atoms in total. The standard InChI is InChI=1S/C19H30N4O4S/c1-13(2)22-8-10-23(11-9-22)17(24)14-4-6-15(7-5-14)26-19-21-16(12-28-19)27-18(25)20-3/h12-15H,4-11H2,1-3H3,(H,20,25)/t14-,15-. The highest BCUT2D eigenvalue weighted by atomic mass is 32.1. The van der Waals surface area contributed by atoms with Gasteiger partial charge in [0.2, 0.25) is 11.8 Å². The van der Waals surface area contributed by atoms with Crippen molar-refractivity contribution in [1.82, 2.24) is 20.1 Å². The molecular weight excluding hydrogens is 380 g/mol. The molecule has 0 unspecified atom stereocenters. The van der Waals surface area contributed by atoms with Crippen LogP contribution in [0.25, 0.3) is 0 Å². The van der Waals surface area contributed by atoms with Crippen molar-refractivity contribution in [3.05, 3.63) is 5.38 Å². The molecule has 2 amide bonds. The zero-order valence-electron chi connectivity index (χ0n) is 16.8. The number of hydrogen-bond acceptors (Lipinski definition) is 7. The smallest absolute Gasteiger partial charge is 0.413 e. The van der Waals surface area contributed by atoms with Crippen LogP contribution < -0.4 is 14.8 Å². The van der Waals surface area contributed by atoms with Gasteiger partial charge in [0.25, 0.3) is 5.19 Å². The Morgan fingerprint density at radius 2 is 1.86 bits per heavy atom. The molecule has 0 bridgehead atoms. The van der Waals surface area contributed by atoms with Crippen molar-refractivity contribution < 1.29 is 19.1 Å². The van der Waals surface area contributed by atoms with Crippen LogP contribution in [-0.4, -0.2) is 72.2 Å². The second kappa shape index (κ2) is 9.56. The average Bonchev–Trinajstić information content (AvgIpc) is 3.14. The number of piperazine rings is 1. The number of carbonyl (C=O) groups is 2. The van der Waals surface area contributed by atoms with Gasteiger partial charge in [-0.3, -0.25) is 9.69 Å². The summed E-state index contributed by atoms with van der Waals surface area (Å²) in [5.41, 5.74) is 0. The molecule has 0 aromatic carbocycles. The maximum atomic E-state index is 12.8. The van der Waals surface area contributed by atoms with E-state index < -0.39 is 6.09 Å². The minimum atomic E-state index is -0.551. The number of aromatic nitrogens is 1. The van der Waals surface area contributed by atoms with Gasteiger partial charge in [-0.2, -0.15) is 4.98 Å². The van der Waals surface area contributed by atoms with Gasteiger partial charge in [0.1, 0.15) is 6.10 Å². The lowest BCUT2D eigenvalue weighted by atomic mass is 9.86. The van der Waals surface area contributed by atoms with Crippen molar-refractivity contribution in [3.8, 4) is 11.1 Å². The maximum absolute atomic E-state index is 12.8. The lowest BCUT2D eigenvalue weighted by molar-refractivity contribution is -0.139. The minimum Gasteiger partial charge on any atom is -0.467 e. The van der Waals surface area contributed by atoms with Gasteiger partial charge in [-0.15, -0.1) is 0 Å². The largest absolute Gasteiger partial charge is 0.467 e. The number of ether oxygens (including phenoxy) is 2. The third kappa shape index (κ3) is 5.35. The fourth-order valence-electron chi connectivity index (χ4n) is 3.78. The van der Waals surface area contributed by atoms with Crippen molar-refractivity contribution in [1.29, 1.82) is 0 Å². The van der Waals surface area contributed by atoms with E-state index in [-0.39, 0.29) is 17.9 Å². The Balaban J connectivity index is 1.42. The average molecular weight is 411 g/mol. The predicted molar refractivity (Wildman–Crippen MR) is 107 cm³/mol. The summed E-state index contributed by atoms with van der Waals surface area (Å²) in [4.78, 5) is 32.7. The van der Waals surface area contributed by atoms with Crippen LogP contribution in [0.15, 0.2) is 5.38 Å². The second-order valence-electron chi connectivity index (χ2n) is 7.64. The number of carbonyl (C=O) groups excluding carboxylic acids is 2. The van der Waals surface area contributed by atoms with E-state index in [2.05, 4.69) is 29.0 Å². The zero-order valence-corrected chi connectivity index (χ0v) is 17.7. The Hall–Kier alpha value is -1.87. The summed E-state index contributed by atoms with van der Waals surface area (Å²) in [6.07, 6.45) is 2.88. The van der Waals surface area contributed by atoms with Crippen LogP contribution in [0.2, 0.25) is 0 Å². The van der Waals surface area contributed by atoms with E-state index in [9.17, 15) is 9.59 Å². The van der Waals surface area contributed by atoms with Crippen molar-refractivity contribution >= 4 is 23.3 Å². The SMILES string of the molecule is CNC(=O)Oc1csc(O[C@H]2CC[C@H](C(=O)N3CCN(C(C)C)CC3)CC2)n1. The first-order valence-corrected chi connectivity index (χ1v) is 10.9. The lowest BCUT2D eigenvalue weighted by Crippen LogP contribution is -2.52. The summed E-state index contributed by atoms with van der Waals surface area (Å²) in [6.45, 7) is 8.00. The Kier molecular flexibility index (Phi) is 7.12. The number of thiazole rings is 1. The first-order chi connectivity index (χ1) is 13.5. The normalized spacial score (nSPS) is 23.5. The molecule has 28 heavy (non-hydrogen) atoms. The molecule has 3 rings (SSSR count). The van der Waals surface area contributed by atoms with Crippen LogP contribution in [0, 0.1) is 5.92 Å². The summed E-state index contributed by atoms with van der Waals surface area (Å²) >= 11 is 1.31. The predicted octanol–water partition coefficient (Wildman–Crippen LogP) is 2.35. The highest BCUT2D eigenvalue weighted by Crippen LogP contribution is 2.31. The molecule has 0 spiro atoms. The molecule has 156 valence electrons. The van der Waals surface area contributed by atoms with Crippen molar-refractivity contribution in [3.63, 3.8) is 0 Å². The number of hydrogen-bond donors (Lipinski definition) is 1. The topological polar surface area (TPSA) is 84.0 Å². The molecule has 2 fully saturated rings. The van der Waals surface area contributed by atoms with Crippen LogP contribution >= 0.6 is 11.3 Å². The number of nitrogens with one attached hydrogen (secondary N) is 1. The van der Waals surface area contributed by atoms with E-state index in [1.54, 1.807) is 5.38 Å². The molecule has 1 aromatic heterocycles. The lowest BCUT2D eigenvalue weighted by Gasteiger charge is -2.39. The summed E-state index contributed by atoms with van der Waals surface area (Å²) in [6, 6.07) is 0.540. The molecule has 1 saturated heterocycles. The quantitative estimate of drug-likeness (QED) is 0.802. The van der Waals surface area contributed by atoms with Gasteiger partial charge in [-0.1, -0.05) is 11.3 Å². The highest BCUT2D eigenvalue weighted by Gasteiger charge is 2.32. The molecule has 2 aliphatic rings. The van der Waals surface area contributed by atoms with Crippen LogP contribution in [0.3, 0.4) is 0 Å². The van der Waals surface area contributed by atoms with E-state index in [0.717, 1.165) is 51.9 Å². The van der Waals surface area contributed by atoms with Gasteiger partial charge < -0.3 is 19.7 Å². The minimum absolute atomic E-state index is 0.0563. The summed E-state index contributed by atoms with van der Waals surface area (Å²) in [7, 11) is 1.50. The second-order valence-corrected chi connectivity index (χ2v) is 8.46. The Morgan fingerprint density at radius 3 is 2.46 bits per heavy atom. The van der Waals surface area contributed by atoms with E-state index in [1.165, 1.54) is 18.4 Å². The molecule has 0 radical (unpaired) electrons. The van der Waals surface area contributed by atoms with Crippen LogP contribution in [0.4, 0.5) is 4.79 Å². The van der Waals surface area contributed by atoms with Gasteiger partial charge in [0.15, 0.2) is 0 Å². The van der Waals surface area contributed by atoms with Crippen molar-refractivity contribution in [2.75, 3.05) is 33.2 Å². The molecule has 1 saturated carbocycles. The summed E-state index contributed by atoms with van der Waals surface area (Å²) in [5, 5.41) is 4.53. The van der Waals surface area contributed by atoms with Crippen LogP contribution in [0.1, 0.15) is 39.5 Å². The maximum Gasteiger partial charge on any atom is 0.413 e. The monoisotopic (exact) mass is 410 g/mol. The first kappa shape index (κ1) is 20.9. The van der Waals surface area contributed by atoms with E-state index in [1.807, 2.05) is 4.90 Å². The molecular formula is C19H30N4O4S. The molecule has 0 atom stereocenters. The van der Waals surface area contributed by atoms with E-state index in [4.69, 9.17) is 9.47 Å². The van der Waals surface area contributed by atoms with Gasteiger partial charge in [-0.25, -0.2) is 4.79 Å². The number of amides is 2. The van der Waals surface area contributed by atoms with Gasteiger partial charge in [0, 0.05) is 45.2 Å². The Morgan fingerprint density at radius 1 is 1.18 bits per heavy atom. The Labute approximate surface area is 170 Å². The molecule has 2 heterocycles. The van der Waals surface area contributed by atoms with Gasteiger partial charge in [0.05, 0.1) is 5.38 Å². The summed E-state index contributed by atoms with van der Waals surface area (Å²) < 4.78 is 10.9. The fourth-order valence-corrected chi connectivity index (χ4v) is 4.41. The third-order valence-corrected chi connectivity index (χ3v) is 6.22. The first-order valence-electron chi connectivity index (χ1n) is 10.0. The van der Waals surface area contributed by atoms with Crippen molar-refractivity contribution in [2.24, 2.45) is 5.92 Å². The zero-order chi connectivity index (χ0) is 20.1. The highest BCUT2D eigenvalue weighted by molar-refractivity contribution is 7.11. The molecule has 1 aliphatic carbocycles. The summed E-state index contributed by atoms with van der Waals surface area (Å²) in [5.74, 6) is 0.648. The van der Waals surface area contributed by atoms with Gasteiger partial charge in [-0.05, 0) is 39.5 Å². The van der Waals surface area contributed by atoms with Crippen LogP contribution in [0.5, 0.6) is 11.1 Å².